The Hall–Kier alpha value is -2.04. The number of hydrogen-bond acceptors (Lipinski definition) is 4. The van der Waals surface area contributed by atoms with Gasteiger partial charge in [-0.25, -0.2) is 4.79 Å². The molecule has 22 heavy (non-hydrogen) atoms. The van der Waals surface area contributed by atoms with Crippen LogP contribution in [0, 0.1) is 11.8 Å². The molecule has 0 aromatic heterocycles. The molecule has 0 heterocycles. The van der Waals surface area contributed by atoms with Gasteiger partial charge in [0.25, 0.3) is 0 Å². The summed E-state index contributed by atoms with van der Waals surface area (Å²) in [6, 6.07) is 7.41. The first-order chi connectivity index (χ1) is 10.7. The van der Waals surface area contributed by atoms with Crippen LogP contribution < -0.4 is 10.6 Å². The number of nitrogens with one attached hydrogen (secondary N) is 2. The average Bonchev–Trinajstić information content (AvgIpc) is 3.42. The van der Waals surface area contributed by atoms with Crippen molar-refractivity contribution in [2.75, 3.05) is 19.0 Å². The number of para-hydroxylation sites is 1. The number of ether oxygens (including phenoxy) is 1. The maximum absolute atomic E-state index is 12.2. The van der Waals surface area contributed by atoms with Crippen molar-refractivity contribution in [3.63, 3.8) is 0 Å². The molecule has 1 aromatic rings. The Bertz CT molecular complexity index is 553. The number of carbonyl (C=O) groups is 2. The van der Waals surface area contributed by atoms with Crippen molar-refractivity contribution in [2.24, 2.45) is 11.8 Å². The summed E-state index contributed by atoms with van der Waals surface area (Å²) in [7, 11) is 1.35. The molecule has 0 unspecified atom stereocenters. The summed E-state index contributed by atoms with van der Waals surface area (Å²) >= 11 is 0. The van der Waals surface area contributed by atoms with Crippen LogP contribution in [0.25, 0.3) is 0 Å². The molecule has 2 aliphatic carbocycles. The number of carbonyl (C=O) groups excluding carboxylic acids is 2. The number of benzene rings is 1. The highest BCUT2D eigenvalue weighted by molar-refractivity contribution is 5.96. The number of anilines is 1. The maximum atomic E-state index is 12.2. The van der Waals surface area contributed by atoms with Crippen LogP contribution in [0.4, 0.5) is 5.69 Å². The van der Waals surface area contributed by atoms with Crippen LogP contribution in [0.15, 0.2) is 24.3 Å². The van der Waals surface area contributed by atoms with Crippen LogP contribution in [0.1, 0.15) is 36.0 Å². The first-order valence-corrected chi connectivity index (χ1v) is 7.89. The number of rotatable bonds is 7. The van der Waals surface area contributed by atoms with Crippen LogP contribution in [0.3, 0.4) is 0 Å². The predicted octanol–water partition coefficient (Wildman–Crippen LogP) is 2.19. The van der Waals surface area contributed by atoms with Crippen LogP contribution >= 0.6 is 0 Å². The predicted molar refractivity (Wildman–Crippen MR) is 83.6 cm³/mol. The second-order valence-corrected chi connectivity index (χ2v) is 6.16. The van der Waals surface area contributed by atoms with E-state index in [1.807, 2.05) is 6.07 Å². The van der Waals surface area contributed by atoms with E-state index in [4.69, 9.17) is 4.74 Å². The fourth-order valence-corrected chi connectivity index (χ4v) is 2.87. The zero-order chi connectivity index (χ0) is 15.5. The Balaban J connectivity index is 1.55. The molecular formula is C17H22N2O3. The van der Waals surface area contributed by atoms with Crippen LogP contribution in [0.2, 0.25) is 0 Å². The lowest BCUT2D eigenvalue weighted by molar-refractivity contribution is -0.120. The Morgan fingerprint density at radius 2 is 1.82 bits per heavy atom. The lowest BCUT2D eigenvalue weighted by atomic mass is 10.1. The van der Waals surface area contributed by atoms with E-state index in [2.05, 4.69) is 10.6 Å². The molecule has 3 rings (SSSR count). The minimum Gasteiger partial charge on any atom is -0.465 e. The third-order valence-corrected chi connectivity index (χ3v) is 4.36. The molecule has 2 fully saturated rings. The summed E-state index contributed by atoms with van der Waals surface area (Å²) in [5.74, 6) is 0.943. The van der Waals surface area contributed by atoms with Crippen LogP contribution in [0.5, 0.6) is 0 Å². The van der Waals surface area contributed by atoms with Gasteiger partial charge in [0.05, 0.1) is 19.2 Å². The monoisotopic (exact) mass is 302 g/mol. The molecule has 0 bridgehead atoms. The van der Waals surface area contributed by atoms with Gasteiger partial charge >= 0.3 is 5.97 Å². The molecule has 2 saturated carbocycles. The average molecular weight is 302 g/mol. The standard InChI is InChI=1S/C17H22N2O3/c1-22-17(21)13-4-2-3-5-14(13)18-10-15(20)19-16(11-6-7-11)12-8-9-12/h2-5,11-12,16,18H,6-10H2,1H3,(H,19,20). The van der Waals surface area contributed by atoms with Gasteiger partial charge in [-0.05, 0) is 49.7 Å². The summed E-state index contributed by atoms with van der Waals surface area (Å²) in [6.07, 6.45) is 4.94. The highest BCUT2D eigenvalue weighted by Crippen LogP contribution is 2.44. The fraction of sp³-hybridized carbons (Fsp3) is 0.529. The van der Waals surface area contributed by atoms with Crippen molar-refractivity contribution < 1.29 is 14.3 Å². The van der Waals surface area contributed by atoms with Crippen LogP contribution in [-0.2, 0) is 9.53 Å². The van der Waals surface area contributed by atoms with Crippen molar-refractivity contribution in [1.29, 1.82) is 0 Å². The molecule has 2 aliphatic rings. The minimum atomic E-state index is -0.405. The van der Waals surface area contributed by atoms with Crippen molar-refractivity contribution in [2.45, 2.75) is 31.7 Å². The smallest absolute Gasteiger partial charge is 0.339 e. The lowest BCUT2D eigenvalue weighted by Crippen LogP contribution is -2.41. The van der Waals surface area contributed by atoms with Gasteiger partial charge in [-0.15, -0.1) is 0 Å². The summed E-state index contributed by atoms with van der Waals surface area (Å²) in [5, 5.41) is 6.20. The molecule has 1 aromatic carbocycles. The van der Waals surface area contributed by atoms with Gasteiger partial charge in [0.2, 0.25) is 5.91 Å². The second-order valence-electron chi connectivity index (χ2n) is 6.16. The highest BCUT2D eigenvalue weighted by atomic mass is 16.5. The van der Waals surface area contributed by atoms with E-state index in [0.29, 0.717) is 29.1 Å². The number of hydrogen-bond donors (Lipinski definition) is 2. The normalized spacial score (nSPS) is 17.2. The van der Waals surface area contributed by atoms with E-state index in [9.17, 15) is 9.59 Å². The van der Waals surface area contributed by atoms with Gasteiger partial charge in [-0.2, -0.15) is 0 Å². The number of methoxy groups -OCH3 is 1. The topological polar surface area (TPSA) is 67.4 Å². The van der Waals surface area contributed by atoms with E-state index < -0.39 is 5.97 Å². The van der Waals surface area contributed by atoms with Gasteiger partial charge in [-0.1, -0.05) is 12.1 Å². The van der Waals surface area contributed by atoms with Crippen molar-refractivity contribution >= 4 is 17.6 Å². The van der Waals surface area contributed by atoms with Gasteiger partial charge in [-0.3, -0.25) is 4.79 Å². The van der Waals surface area contributed by atoms with E-state index >= 15 is 0 Å². The molecule has 5 heteroatoms. The van der Waals surface area contributed by atoms with Gasteiger partial charge in [0.15, 0.2) is 0 Å². The summed E-state index contributed by atoms with van der Waals surface area (Å²) in [5.41, 5.74) is 1.07. The van der Waals surface area contributed by atoms with Crippen molar-refractivity contribution in [1.82, 2.24) is 5.32 Å². The molecule has 118 valence electrons. The molecule has 0 saturated heterocycles. The first-order valence-electron chi connectivity index (χ1n) is 7.89. The number of esters is 1. The summed E-state index contributed by atoms with van der Waals surface area (Å²) in [4.78, 5) is 23.8. The Morgan fingerprint density at radius 1 is 1.18 bits per heavy atom. The van der Waals surface area contributed by atoms with E-state index in [1.54, 1.807) is 18.2 Å². The van der Waals surface area contributed by atoms with Gasteiger partial charge in [0.1, 0.15) is 0 Å². The Labute approximate surface area is 130 Å². The lowest BCUT2D eigenvalue weighted by Gasteiger charge is -2.18. The summed E-state index contributed by atoms with van der Waals surface area (Å²) in [6.45, 7) is 0.171. The molecule has 5 nitrogen and oxygen atoms in total. The van der Waals surface area contributed by atoms with Crippen molar-refractivity contribution in [3.05, 3.63) is 29.8 Å². The zero-order valence-electron chi connectivity index (χ0n) is 12.8. The fourth-order valence-electron chi connectivity index (χ4n) is 2.87. The van der Waals surface area contributed by atoms with Crippen LogP contribution in [-0.4, -0.2) is 31.6 Å². The molecule has 0 atom stereocenters. The largest absolute Gasteiger partial charge is 0.465 e. The molecular weight excluding hydrogens is 280 g/mol. The molecule has 0 spiro atoms. The minimum absolute atomic E-state index is 0.0107. The SMILES string of the molecule is COC(=O)c1ccccc1NCC(=O)NC(C1CC1)C1CC1. The Morgan fingerprint density at radius 3 is 2.41 bits per heavy atom. The van der Waals surface area contributed by atoms with Gasteiger partial charge in [0, 0.05) is 11.7 Å². The van der Waals surface area contributed by atoms with Gasteiger partial charge < -0.3 is 15.4 Å². The molecule has 1 amide bonds. The maximum Gasteiger partial charge on any atom is 0.339 e. The second kappa shape index (κ2) is 6.38. The number of amides is 1. The van der Waals surface area contributed by atoms with E-state index in [-0.39, 0.29) is 12.5 Å². The van der Waals surface area contributed by atoms with E-state index in [0.717, 1.165) is 0 Å². The third-order valence-electron chi connectivity index (χ3n) is 4.36. The quantitative estimate of drug-likeness (QED) is 0.758. The highest BCUT2D eigenvalue weighted by Gasteiger charge is 2.42. The first kappa shape index (κ1) is 14.9. The molecule has 0 radical (unpaired) electrons. The molecule has 0 aliphatic heterocycles. The Kier molecular flexibility index (Phi) is 4.32. The van der Waals surface area contributed by atoms with E-state index in [1.165, 1.54) is 32.8 Å². The summed E-state index contributed by atoms with van der Waals surface area (Å²) < 4.78 is 4.75. The van der Waals surface area contributed by atoms with Crippen molar-refractivity contribution in [3.8, 4) is 0 Å². The molecule has 2 N–H and O–H groups in total. The third kappa shape index (κ3) is 3.59. The zero-order valence-corrected chi connectivity index (χ0v) is 12.8.